The molecule has 0 aromatic heterocycles. The number of hydrogen-bond acceptors (Lipinski definition) is 4. The standard InChI is InChI=1S/C23H33N3O4/c1-16(2)15-26-22(30)25(10-5-13-27)21(29)23(26)8-11-24(12-9-23)20(28)19-7-6-17(3)18(4)14-19/h6-7,14,16,27H,5,8-13,15H2,1-4H3. The minimum absolute atomic E-state index is 0.0303. The summed E-state index contributed by atoms with van der Waals surface area (Å²) in [7, 11) is 0. The summed E-state index contributed by atoms with van der Waals surface area (Å²) in [6, 6.07) is 5.45. The number of carbonyl (C=O) groups excluding carboxylic acids is 3. The van der Waals surface area contributed by atoms with Crippen molar-refractivity contribution in [2.45, 2.75) is 52.5 Å². The normalized spacial score (nSPS) is 18.8. The van der Waals surface area contributed by atoms with Crippen LogP contribution in [0.4, 0.5) is 4.79 Å². The summed E-state index contributed by atoms with van der Waals surface area (Å²) in [5.41, 5.74) is 2.00. The summed E-state index contributed by atoms with van der Waals surface area (Å²) in [4.78, 5) is 44.1. The smallest absolute Gasteiger partial charge is 0.327 e. The van der Waals surface area contributed by atoms with Gasteiger partial charge < -0.3 is 14.9 Å². The van der Waals surface area contributed by atoms with Crippen molar-refractivity contribution in [2.24, 2.45) is 5.92 Å². The molecule has 0 atom stereocenters. The molecule has 0 unspecified atom stereocenters. The molecule has 164 valence electrons. The molecule has 0 bridgehead atoms. The van der Waals surface area contributed by atoms with Gasteiger partial charge in [0.1, 0.15) is 5.54 Å². The fraction of sp³-hybridized carbons (Fsp3) is 0.609. The number of likely N-dealkylation sites (tertiary alicyclic amines) is 1. The van der Waals surface area contributed by atoms with E-state index in [-0.39, 0.29) is 36.9 Å². The van der Waals surface area contributed by atoms with Crippen LogP contribution in [0.25, 0.3) is 0 Å². The minimum Gasteiger partial charge on any atom is -0.396 e. The van der Waals surface area contributed by atoms with Crippen LogP contribution in [0.5, 0.6) is 0 Å². The van der Waals surface area contributed by atoms with E-state index in [1.165, 1.54) is 4.90 Å². The number of nitrogens with zero attached hydrogens (tertiary/aromatic N) is 3. The molecule has 2 saturated heterocycles. The number of aliphatic hydroxyl groups excluding tert-OH is 1. The third-order valence-electron chi connectivity index (χ3n) is 6.34. The SMILES string of the molecule is Cc1ccc(C(=O)N2CCC3(CC2)C(=O)N(CCCO)C(=O)N3CC(C)C)cc1C. The molecule has 30 heavy (non-hydrogen) atoms. The molecule has 2 aliphatic heterocycles. The van der Waals surface area contributed by atoms with Gasteiger partial charge in [-0.15, -0.1) is 0 Å². The molecule has 7 heteroatoms. The molecule has 1 aromatic carbocycles. The first-order chi connectivity index (χ1) is 14.2. The zero-order chi connectivity index (χ0) is 22.1. The summed E-state index contributed by atoms with van der Waals surface area (Å²) in [5, 5.41) is 9.15. The second-order valence-electron chi connectivity index (χ2n) is 8.94. The Hall–Kier alpha value is -2.41. The Morgan fingerprint density at radius 2 is 1.80 bits per heavy atom. The van der Waals surface area contributed by atoms with Gasteiger partial charge in [-0.1, -0.05) is 19.9 Å². The van der Waals surface area contributed by atoms with Crippen molar-refractivity contribution in [3.8, 4) is 0 Å². The average molecular weight is 416 g/mol. The first kappa shape index (κ1) is 22.3. The molecule has 0 radical (unpaired) electrons. The van der Waals surface area contributed by atoms with Crippen LogP contribution in [0.1, 0.15) is 54.6 Å². The maximum Gasteiger partial charge on any atom is 0.327 e. The van der Waals surface area contributed by atoms with Gasteiger partial charge in [0.15, 0.2) is 0 Å². The van der Waals surface area contributed by atoms with Gasteiger partial charge in [0.2, 0.25) is 0 Å². The number of urea groups is 1. The Morgan fingerprint density at radius 3 is 2.37 bits per heavy atom. The van der Waals surface area contributed by atoms with E-state index in [4.69, 9.17) is 5.11 Å². The van der Waals surface area contributed by atoms with E-state index >= 15 is 0 Å². The van der Waals surface area contributed by atoms with Crippen LogP contribution in [0, 0.1) is 19.8 Å². The lowest BCUT2D eigenvalue weighted by Gasteiger charge is -2.42. The second-order valence-corrected chi connectivity index (χ2v) is 8.94. The highest BCUT2D eigenvalue weighted by Crippen LogP contribution is 2.38. The second kappa shape index (κ2) is 8.76. The van der Waals surface area contributed by atoms with E-state index in [2.05, 4.69) is 0 Å². The Bertz CT molecular complexity index is 828. The van der Waals surface area contributed by atoms with Crippen molar-refractivity contribution in [1.82, 2.24) is 14.7 Å². The molecule has 2 aliphatic rings. The quantitative estimate of drug-likeness (QED) is 0.724. The summed E-state index contributed by atoms with van der Waals surface area (Å²) < 4.78 is 0. The van der Waals surface area contributed by atoms with Crippen LogP contribution in [-0.2, 0) is 4.79 Å². The highest BCUT2D eigenvalue weighted by molar-refractivity contribution is 6.07. The number of imide groups is 1. The van der Waals surface area contributed by atoms with Gasteiger partial charge in [-0.25, -0.2) is 4.79 Å². The zero-order valence-corrected chi connectivity index (χ0v) is 18.5. The summed E-state index contributed by atoms with van der Waals surface area (Å²) in [6.45, 7) is 9.61. The average Bonchev–Trinajstić information content (AvgIpc) is 2.90. The molecular formula is C23H33N3O4. The molecule has 0 saturated carbocycles. The summed E-state index contributed by atoms with van der Waals surface area (Å²) >= 11 is 0. The van der Waals surface area contributed by atoms with Crippen LogP contribution >= 0.6 is 0 Å². The Balaban J connectivity index is 1.79. The third kappa shape index (κ3) is 3.95. The van der Waals surface area contributed by atoms with E-state index in [9.17, 15) is 14.4 Å². The molecular weight excluding hydrogens is 382 g/mol. The maximum atomic E-state index is 13.3. The monoisotopic (exact) mass is 415 g/mol. The van der Waals surface area contributed by atoms with Crippen molar-refractivity contribution in [3.05, 3.63) is 34.9 Å². The van der Waals surface area contributed by atoms with E-state index in [1.54, 1.807) is 9.80 Å². The Labute approximate surface area is 178 Å². The molecule has 2 heterocycles. The van der Waals surface area contributed by atoms with Crippen LogP contribution < -0.4 is 0 Å². The van der Waals surface area contributed by atoms with Crippen molar-refractivity contribution >= 4 is 17.8 Å². The van der Waals surface area contributed by atoms with Gasteiger partial charge in [0.05, 0.1) is 0 Å². The number of rotatable bonds is 6. The first-order valence-electron chi connectivity index (χ1n) is 10.8. The Morgan fingerprint density at radius 1 is 1.13 bits per heavy atom. The lowest BCUT2D eigenvalue weighted by molar-refractivity contribution is -0.135. The lowest BCUT2D eigenvalue weighted by atomic mass is 9.85. The van der Waals surface area contributed by atoms with Gasteiger partial charge in [-0.3, -0.25) is 14.5 Å². The van der Waals surface area contributed by atoms with Crippen molar-refractivity contribution in [3.63, 3.8) is 0 Å². The maximum absolute atomic E-state index is 13.3. The number of aliphatic hydroxyl groups is 1. The van der Waals surface area contributed by atoms with E-state index < -0.39 is 5.54 Å². The molecule has 1 N–H and O–H groups in total. The number of amides is 4. The van der Waals surface area contributed by atoms with Gasteiger partial charge in [0, 0.05) is 38.3 Å². The van der Waals surface area contributed by atoms with Gasteiger partial charge in [-0.2, -0.15) is 0 Å². The molecule has 0 aliphatic carbocycles. The van der Waals surface area contributed by atoms with Crippen LogP contribution in [0.3, 0.4) is 0 Å². The highest BCUT2D eigenvalue weighted by atomic mass is 16.3. The van der Waals surface area contributed by atoms with E-state index in [0.717, 1.165) is 11.1 Å². The van der Waals surface area contributed by atoms with Crippen molar-refractivity contribution in [1.29, 1.82) is 0 Å². The first-order valence-corrected chi connectivity index (χ1v) is 10.8. The minimum atomic E-state index is -0.878. The highest BCUT2D eigenvalue weighted by Gasteiger charge is 2.57. The number of benzene rings is 1. The summed E-state index contributed by atoms with van der Waals surface area (Å²) in [6.07, 6.45) is 1.26. The van der Waals surface area contributed by atoms with E-state index in [1.807, 2.05) is 45.9 Å². The number of carbonyl (C=O) groups is 3. The van der Waals surface area contributed by atoms with E-state index in [0.29, 0.717) is 44.5 Å². The fourth-order valence-corrected chi connectivity index (χ4v) is 4.45. The number of aryl methyl sites for hydroxylation is 2. The van der Waals surface area contributed by atoms with Crippen molar-refractivity contribution < 1.29 is 19.5 Å². The van der Waals surface area contributed by atoms with Crippen LogP contribution in [-0.4, -0.2) is 76.0 Å². The molecule has 2 fully saturated rings. The molecule has 1 aromatic rings. The predicted octanol–water partition coefficient (Wildman–Crippen LogP) is 2.58. The van der Waals surface area contributed by atoms with Gasteiger partial charge >= 0.3 is 6.03 Å². The lowest BCUT2D eigenvalue weighted by Crippen LogP contribution is -2.58. The largest absolute Gasteiger partial charge is 0.396 e. The number of hydrogen-bond donors (Lipinski definition) is 1. The molecule has 3 rings (SSSR count). The molecule has 4 amide bonds. The Kier molecular flexibility index (Phi) is 6.50. The van der Waals surface area contributed by atoms with Crippen LogP contribution in [0.15, 0.2) is 18.2 Å². The zero-order valence-electron chi connectivity index (χ0n) is 18.5. The topological polar surface area (TPSA) is 81.2 Å². The van der Waals surface area contributed by atoms with Crippen molar-refractivity contribution in [2.75, 3.05) is 32.8 Å². The third-order valence-corrected chi connectivity index (χ3v) is 6.34. The predicted molar refractivity (Wildman–Crippen MR) is 114 cm³/mol. The molecule has 1 spiro atoms. The molecule has 7 nitrogen and oxygen atoms in total. The summed E-state index contributed by atoms with van der Waals surface area (Å²) in [5.74, 6) is 0.0174. The van der Waals surface area contributed by atoms with Gasteiger partial charge in [0.25, 0.3) is 11.8 Å². The fourth-order valence-electron chi connectivity index (χ4n) is 4.45. The van der Waals surface area contributed by atoms with Gasteiger partial charge in [-0.05, 0) is 62.3 Å². The van der Waals surface area contributed by atoms with Crippen LogP contribution in [0.2, 0.25) is 0 Å². The number of piperidine rings is 1.